The third-order valence-corrected chi connectivity index (χ3v) is 7.75. The number of ether oxygens (including phenoxy) is 3. The average Bonchev–Trinajstić information content (AvgIpc) is 3.58. The summed E-state index contributed by atoms with van der Waals surface area (Å²) in [6, 6.07) is -1.12. The number of aromatic nitrogens is 1. The van der Waals surface area contributed by atoms with E-state index in [9.17, 15) is 19.2 Å². The molecule has 0 unspecified atom stereocenters. The topological polar surface area (TPSA) is 185 Å². The summed E-state index contributed by atoms with van der Waals surface area (Å²) in [6.45, 7) is 4.47. The number of esters is 2. The Balaban J connectivity index is 1.46. The quantitative estimate of drug-likeness (QED) is 0.133. The van der Waals surface area contributed by atoms with Crippen molar-refractivity contribution in [2.24, 2.45) is 10.6 Å². The van der Waals surface area contributed by atoms with Crippen LogP contribution in [0.4, 0.5) is 6.01 Å². The Kier molecular flexibility index (Phi) is 9.03. The summed E-state index contributed by atoms with van der Waals surface area (Å²) in [4.78, 5) is 62.3. The Bertz CT molecular complexity index is 1220. The number of thioether (sulfide) groups is 1. The van der Waals surface area contributed by atoms with E-state index in [2.05, 4.69) is 15.5 Å². The molecule has 1 aliphatic carbocycles. The van der Waals surface area contributed by atoms with E-state index < -0.39 is 47.4 Å². The standard InChI is InChI=1S/C25H33N5O9S/c1-25(2,3)23(34)38-12-37-22(33)18-13(9-35-4)11-40-21-17(20(32)30(18)21)28-19(31)16(15-10-36-24(26)27-15)29-39-14-7-5-6-8-14/h10,14,17,21H,5-9,11-12H2,1-4H3,(H2,26,27)(H,28,31)/b29-16-/t17-,21-/m1/s1. The maximum Gasteiger partial charge on any atom is 0.358 e. The number of β-lactam (4-membered cyclic amide) rings is 1. The van der Waals surface area contributed by atoms with Crippen molar-refractivity contribution in [3.05, 3.63) is 23.2 Å². The van der Waals surface area contributed by atoms with Crippen LogP contribution in [0, 0.1) is 5.41 Å². The van der Waals surface area contributed by atoms with Crippen LogP contribution in [0.1, 0.15) is 52.1 Å². The van der Waals surface area contributed by atoms with Crippen LogP contribution in [-0.2, 0) is 38.2 Å². The molecule has 2 fully saturated rings. The lowest BCUT2D eigenvalue weighted by Crippen LogP contribution is -2.71. The summed E-state index contributed by atoms with van der Waals surface area (Å²) >= 11 is 1.35. The van der Waals surface area contributed by atoms with Gasteiger partial charge < -0.3 is 34.5 Å². The summed E-state index contributed by atoms with van der Waals surface area (Å²) in [7, 11) is 1.46. The number of carbonyl (C=O) groups excluding carboxylic acids is 4. The van der Waals surface area contributed by atoms with Crippen molar-refractivity contribution in [1.29, 1.82) is 0 Å². The predicted octanol–water partition coefficient (Wildman–Crippen LogP) is 1.31. The molecular formula is C25H33N5O9S. The van der Waals surface area contributed by atoms with Gasteiger partial charge in [0, 0.05) is 12.9 Å². The number of fused-ring (bicyclic) bond motifs is 1. The van der Waals surface area contributed by atoms with E-state index in [1.807, 2.05) is 0 Å². The van der Waals surface area contributed by atoms with Gasteiger partial charge in [-0.3, -0.25) is 19.3 Å². The van der Waals surface area contributed by atoms with Gasteiger partial charge in [0.05, 0.1) is 12.0 Å². The van der Waals surface area contributed by atoms with Crippen LogP contribution in [0.3, 0.4) is 0 Å². The highest BCUT2D eigenvalue weighted by Crippen LogP contribution is 2.40. The number of hydrogen-bond donors (Lipinski definition) is 2. The fourth-order valence-electron chi connectivity index (χ4n) is 4.31. The molecule has 4 rings (SSSR count). The van der Waals surface area contributed by atoms with Crippen molar-refractivity contribution < 1.29 is 42.6 Å². The number of methoxy groups -OCH3 is 1. The Hall–Kier alpha value is -3.59. The van der Waals surface area contributed by atoms with Crippen LogP contribution in [0.15, 0.2) is 27.1 Å². The molecule has 3 aliphatic rings. The number of hydrogen-bond acceptors (Lipinski definition) is 13. The van der Waals surface area contributed by atoms with Gasteiger partial charge in [0.2, 0.25) is 6.79 Å². The molecule has 0 bridgehead atoms. The molecule has 0 aromatic carbocycles. The minimum Gasteiger partial charge on any atom is -0.432 e. The smallest absolute Gasteiger partial charge is 0.358 e. The maximum atomic E-state index is 13.3. The number of nitrogens with two attached hydrogens (primary N) is 1. The highest BCUT2D eigenvalue weighted by molar-refractivity contribution is 8.00. The zero-order valence-corrected chi connectivity index (χ0v) is 23.6. The molecule has 0 radical (unpaired) electrons. The van der Waals surface area contributed by atoms with Gasteiger partial charge in [-0.25, -0.2) is 4.79 Å². The van der Waals surface area contributed by atoms with E-state index in [0.29, 0.717) is 11.3 Å². The monoisotopic (exact) mass is 579 g/mol. The van der Waals surface area contributed by atoms with Gasteiger partial charge in [-0.1, -0.05) is 5.16 Å². The molecule has 0 spiro atoms. The molecule has 3 N–H and O–H groups in total. The van der Waals surface area contributed by atoms with Gasteiger partial charge >= 0.3 is 11.9 Å². The van der Waals surface area contributed by atoms with Crippen LogP contribution in [0.2, 0.25) is 0 Å². The first kappa shape index (κ1) is 29.4. The van der Waals surface area contributed by atoms with Crippen LogP contribution in [0.5, 0.6) is 0 Å². The number of anilines is 1. The molecule has 1 saturated heterocycles. The fourth-order valence-corrected chi connectivity index (χ4v) is 5.64. The van der Waals surface area contributed by atoms with Gasteiger partial charge in [0.1, 0.15) is 35.2 Å². The Morgan fingerprint density at radius 2 is 1.98 bits per heavy atom. The summed E-state index contributed by atoms with van der Waals surface area (Å²) in [6.07, 6.45) is 4.70. The summed E-state index contributed by atoms with van der Waals surface area (Å²) in [5.74, 6) is -2.30. The normalized spacial score (nSPS) is 21.6. The minimum atomic E-state index is -0.968. The first-order chi connectivity index (χ1) is 19.0. The lowest BCUT2D eigenvalue weighted by atomic mass is 9.98. The molecular weight excluding hydrogens is 546 g/mol. The van der Waals surface area contributed by atoms with Crippen LogP contribution < -0.4 is 11.1 Å². The number of amides is 2. The van der Waals surface area contributed by atoms with Crippen molar-refractivity contribution in [3.63, 3.8) is 0 Å². The van der Waals surface area contributed by atoms with Gasteiger partial charge in [-0.15, -0.1) is 11.8 Å². The number of nitrogens with zero attached hydrogens (tertiary/aromatic N) is 3. The molecule has 2 aliphatic heterocycles. The molecule has 15 heteroatoms. The van der Waals surface area contributed by atoms with Gasteiger partial charge in [-0.05, 0) is 52.0 Å². The second kappa shape index (κ2) is 12.3. The van der Waals surface area contributed by atoms with E-state index in [-0.39, 0.29) is 35.8 Å². The van der Waals surface area contributed by atoms with Gasteiger partial charge in [-0.2, -0.15) is 4.98 Å². The third kappa shape index (κ3) is 6.41. The number of oxime groups is 1. The van der Waals surface area contributed by atoms with E-state index >= 15 is 0 Å². The summed E-state index contributed by atoms with van der Waals surface area (Å²) in [5, 5.41) is 6.10. The fraction of sp³-hybridized carbons (Fsp3) is 0.600. The molecule has 1 saturated carbocycles. The number of nitrogens with one attached hydrogen (secondary N) is 1. The van der Waals surface area contributed by atoms with Crippen molar-refractivity contribution in [2.75, 3.05) is 32.0 Å². The van der Waals surface area contributed by atoms with Crippen molar-refractivity contribution in [1.82, 2.24) is 15.2 Å². The van der Waals surface area contributed by atoms with E-state index in [1.165, 1.54) is 30.0 Å². The molecule has 1 aromatic rings. The first-order valence-electron chi connectivity index (χ1n) is 12.8. The van der Waals surface area contributed by atoms with E-state index in [0.717, 1.165) is 25.7 Å². The first-order valence-corrected chi connectivity index (χ1v) is 13.8. The summed E-state index contributed by atoms with van der Waals surface area (Å²) in [5.41, 5.74) is 5.20. The maximum absolute atomic E-state index is 13.3. The number of carbonyl (C=O) groups is 4. The third-order valence-electron chi connectivity index (χ3n) is 6.41. The number of rotatable bonds is 10. The second-order valence-electron chi connectivity index (χ2n) is 10.5. The Labute approximate surface area is 234 Å². The molecule has 14 nitrogen and oxygen atoms in total. The lowest BCUT2D eigenvalue weighted by Gasteiger charge is -2.49. The highest BCUT2D eigenvalue weighted by atomic mass is 32.2. The molecule has 3 heterocycles. The number of oxazole rings is 1. The lowest BCUT2D eigenvalue weighted by molar-refractivity contribution is -0.173. The highest BCUT2D eigenvalue weighted by Gasteiger charge is 2.54. The van der Waals surface area contributed by atoms with E-state index in [1.54, 1.807) is 20.8 Å². The second-order valence-corrected chi connectivity index (χ2v) is 11.6. The van der Waals surface area contributed by atoms with Crippen molar-refractivity contribution in [3.8, 4) is 0 Å². The average molecular weight is 580 g/mol. The molecule has 218 valence electrons. The van der Waals surface area contributed by atoms with Crippen LogP contribution in [0.25, 0.3) is 0 Å². The van der Waals surface area contributed by atoms with Crippen LogP contribution >= 0.6 is 11.8 Å². The van der Waals surface area contributed by atoms with Crippen LogP contribution in [-0.4, -0.2) is 83.1 Å². The van der Waals surface area contributed by atoms with Gasteiger partial charge in [0.25, 0.3) is 17.8 Å². The largest absolute Gasteiger partial charge is 0.432 e. The van der Waals surface area contributed by atoms with Crippen molar-refractivity contribution >= 4 is 47.2 Å². The Morgan fingerprint density at radius 3 is 2.60 bits per heavy atom. The SMILES string of the molecule is COCC1=C(C(=O)OCOC(=O)C(C)(C)C)N2C(=O)[C@@H](NC(=O)/C(=N\OC3CCCC3)c3coc(N)n3)[C@H]2SC1. The van der Waals surface area contributed by atoms with Gasteiger partial charge in [0.15, 0.2) is 5.71 Å². The molecule has 40 heavy (non-hydrogen) atoms. The molecule has 2 amide bonds. The van der Waals surface area contributed by atoms with E-state index in [4.69, 9.17) is 29.2 Å². The summed E-state index contributed by atoms with van der Waals surface area (Å²) < 4.78 is 20.4. The number of nitrogen functional groups attached to an aromatic ring is 1. The molecule has 1 aromatic heterocycles. The minimum absolute atomic E-state index is 0.00404. The predicted molar refractivity (Wildman–Crippen MR) is 141 cm³/mol. The molecule has 2 atom stereocenters. The Morgan fingerprint density at radius 1 is 1.25 bits per heavy atom. The zero-order chi connectivity index (χ0) is 29.0. The van der Waals surface area contributed by atoms with Crippen molar-refractivity contribution in [2.45, 2.75) is 64.0 Å². The zero-order valence-electron chi connectivity index (χ0n) is 22.8.